The third kappa shape index (κ3) is 4.07. The number of aromatic nitrogens is 2. The van der Waals surface area contributed by atoms with Crippen molar-refractivity contribution >= 4 is 5.91 Å². The fourth-order valence-corrected chi connectivity index (χ4v) is 4.66. The highest BCUT2D eigenvalue weighted by molar-refractivity contribution is 5.76. The van der Waals surface area contributed by atoms with Gasteiger partial charge in [0.1, 0.15) is 12.3 Å². The van der Waals surface area contributed by atoms with Gasteiger partial charge in [0.15, 0.2) is 0 Å². The van der Waals surface area contributed by atoms with Crippen LogP contribution in [0.1, 0.15) is 29.8 Å². The number of fused-ring (bicyclic) bond motifs is 4. The Kier molecular flexibility index (Phi) is 5.40. The van der Waals surface area contributed by atoms with Crippen LogP contribution in [-0.2, 0) is 17.9 Å². The number of carbonyl (C=O) groups is 1. The highest BCUT2D eigenvalue weighted by atomic mass is 16.5. The molecule has 3 fully saturated rings. The van der Waals surface area contributed by atoms with Gasteiger partial charge < -0.3 is 9.64 Å². The minimum Gasteiger partial charge on any atom is -0.497 e. The standard InChI is InChI=1S/C22H30N4O2/c1-16-10-17(2)26(23-16)15-22(27)25-13-19-4-7-20(25)14-24(12-19)11-18-5-8-21(28-3)9-6-18/h5-6,8-10,19-20H,4,7,11-15H2,1-3H3/t19-,20+/m1/s1. The summed E-state index contributed by atoms with van der Waals surface area (Å²) in [4.78, 5) is 17.7. The third-order valence-corrected chi connectivity index (χ3v) is 6.06. The van der Waals surface area contributed by atoms with Crippen molar-refractivity contribution in [2.24, 2.45) is 5.92 Å². The highest BCUT2D eigenvalue weighted by Gasteiger charge is 2.37. The van der Waals surface area contributed by atoms with Gasteiger partial charge >= 0.3 is 0 Å². The highest BCUT2D eigenvalue weighted by Crippen LogP contribution is 2.29. The van der Waals surface area contributed by atoms with Gasteiger partial charge in [-0.2, -0.15) is 5.10 Å². The van der Waals surface area contributed by atoms with Gasteiger partial charge in [-0.15, -0.1) is 0 Å². The van der Waals surface area contributed by atoms with E-state index in [1.54, 1.807) is 7.11 Å². The number of hydrogen-bond donors (Lipinski definition) is 0. The van der Waals surface area contributed by atoms with Gasteiger partial charge in [0, 0.05) is 37.9 Å². The van der Waals surface area contributed by atoms with Gasteiger partial charge in [0.25, 0.3) is 0 Å². The molecule has 5 rings (SSSR count). The van der Waals surface area contributed by atoms with Crippen LogP contribution in [0, 0.1) is 19.8 Å². The van der Waals surface area contributed by atoms with Crippen LogP contribution in [-0.4, -0.2) is 58.3 Å². The summed E-state index contributed by atoms with van der Waals surface area (Å²) >= 11 is 0. The maximum Gasteiger partial charge on any atom is 0.244 e. The van der Waals surface area contributed by atoms with Gasteiger partial charge in [0.2, 0.25) is 5.91 Å². The molecule has 6 nitrogen and oxygen atoms in total. The molecule has 2 aromatic rings. The summed E-state index contributed by atoms with van der Waals surface area (Å²) in [7, 11) is 1.69. The Bertz CT molecular complexity index is 830. The minimum atomic E-state index is 0.201. The molecule has 0 spiro atoms. The second-order valence-corrected chi connectivity index (χ2v) is 8.27. The van der Waals surface area contributed by atoms with Crippen LogP contribution in [0.2, 0.25) is 0 Å². The predicted octanol–water partition coefficient (Wildman–Crippen LogP) is 2.63. The first kappa shape index (κ1) is 19.0. The zero-order chi connectivity index (χ0) is 19.7. The fourth-order valence-electron chi connectivity index (χ4n) is 4.66. The van der Waals surface area contributed by atoms with Crippen LogP contribution < -0.4 is 4.74 Å². The lowest BCUT2D eigenvalue weighted by Crippen LogP contribution is -2.48. The van der Waals surface area contributed by atoms with E-state index in [0.717, 1.165) is 49.7 Å². The number of amides is 1. The van der Waals surface area contributed by atoms with Crippen molar-refractivity contribution in [3.63, 3.8) is 0 Å². The lowest BCUT2D eigenvalue weighted by molar-refractivity contribution is -0.136. The van der Waals surface area contributed by atoms with Crippen molar-refractivity contribution < 1.29 is 9.53 Å². The SMILES string of the molecule is COc1ccc(CN2C[C@H]3CC[C@@H](C2)N(C(=O)Cn2nc(C)cc2C)C3)cc1. The average Bonchev–Trinajstić information content (AvgIpc) is 2.85. The Labute approximate surface area is 167 Å². The average molecular weight is 383 g/mol. The van der Waals surface area contributed by atoms with Crippen LogP contribution in [0.25, 0.3) is 0 Å². The molecule has 150 valence electrons. The molecule has 0 saturated carbocycles. The van der Waals surface area contributed by atoms with E-state index in [9.17, 15) is 4.79 Å². The predicted molar refractivity (Wildman–Crippen MR) is 108 cm³/mol. The second kappa shape index (κ2) is 7.95. The molecule has 3 saturated heterocycles. The number of piperidine rings is 1. The Hall–Kier alpha value is -2.34. The second-order valence-electron chi connectivity index (χ2n) is 8.27. The summed E-state index contributed by atoms with van der Waals surface area (Å²) in [5, 5.41) is 4.46. The zero-order valence-corrected chi connectivity index (χ0v) is 17.1. The number of nitrogens with zero attached hydrogens (tertiary/aromatic N) is 4. The largest absolute Gasteiger partial charge is 0.497 e. The van der Waals surface area contributed by atoms with Crippen LogP contribution in [0.5, 0.6) is 5.75 Å². The molecule has 0 N–H and O–H groups in total. The van der Waals surface area contributed by atoms with Gasteiger partial charge in [-0.25, -0.2) is 0 Å². The van der Waals surface area contributed by atoms with Crippen LogP contribution in [0.3, 0.4) is 0 Å². The van der Waals surface area contributed by atoms with Crippen LogP contribution in [0.4, 0.5) is 0 Å². The lowest BCUT2D eigenvalue weighted by atomic mass is 9.95. The monoisotopic (exact) mass is 382 g/mol. The van der Waals surface area contributed by atoms with Crippen molar-refractivity contribution in [3.8, 4) is 5.75 Å². The van der Waals surface area contributed by atoms with Crippen LogP contribution in [0.15, 0.2) is 30.3 Å². The molecule has 3 aliphatic heterocycles. The minimum absolute atomic E-state index is 0.201. The smallest absolute Gasteiger partial charge is 0.244 e. The van der Waals surface area contributed by atoms with E-state index in [1.807, 2.05) is 36.7 Å². The number of carbonyl (C=O) groups excluding carboxylic acids is 1. The normalized spacial score (nSPS) is 22.3. The summed E-state index contributed by atoms with van der Waals surface area (Å²) in [6, 6.07) is 10.6. The van der Waals surface area contributed by atoms with Crippen molar-refractivity contribution in [1.82, 2.24) is 19.6 Å². The molecule has 0 aliphatic carbocycles. The quantitative estimate of drug-likeness (QED) is 0.798. The summed E-state index contributed by atoms with van der Waals surface area (Å²) in [6.07, 6.45) is 2.32. The van der Waals surface area contributed by atoms with Gasteiger partial charge in [-0.05, 0) is 56.4 Å². The third-order valence-electron chi connectivity index (χ3n) is 6.06. The number of benzene rings is 1. The summed E-state index contributed by atoms with van der Waals surface area (Å²) in [6.45, 7) is 8.15. The van der Waals surface area contributed by atoms with Gasteiger partial charge in [-0.3, -0.25) is 14.4 Å². The van der Waals surface area contributed by atoms with Crippen molar-refractivity contribution in [3.05, 3.63) is 47.3 Å². The van der Waals surface area contributed by atoms with E-state index in [2.05, 4.69) is 27.0 Å². The molecule has 1 aromatic carbocycles. The molecule has 0 unspecified atom stereocenters. The molecular formula is C22H30N4O2. The number of rotatable bonds is 5. The fraction of sp³-hybridized carbons (Fsp3) is 0.545. The van der Waals surface area contributed by atoms with Gasteiger partial charge in [-0.1, -0.05) is 12.1 Å². The van der Waals surface area contributed by atoms with E-state index >= 15 is 0 Å². The molecule has 0 radical (unpaired) electrons. The van der Waals surface area contributed by atoms with Crippen molar-refractivity contribution in [2.45, 2.75) is 45.8 Å². The molecule has 2 bridgehead atoms. The number of methoxy groups -OCH3 is 1. The molecular weight excluding hydrogens is 352 g/mol. The summed E-state index contributed by atoms with van der Waals surface area (Å²) in [5.41, 5.74) is 3.31. The summed E-state index contributed by atoms with van der Waals surface area (Å²) < 4.78 is 7.10. The Morgan fingerprint density at radius 2 is 1.93 bits per heavy atom. The molecule has 4 heterocycles. The number of aryl methyl sites for hydroxylation is 2. The zero-order valence-electron chi connectivity index (χ0n) is 17.1. The van der Waals surface area contributed by atoms with E-state index in [1.165, 1.54) is 12.0 Å². The number of hydrogen-bond acceptors (Lipinski definition) is 4. The molecule has 2 atom stereocenters. The Morgan fingerprint density at radius 3 is 2.61 bits per heavy atom. The molecule has 1 amide bonds. The van der Waals surface area contributed by atoms with E-state index in [-0.39, 0.29) is 5.91 Å². The summed E-state index contributed by atoms with van der Waals surface area (Å²) in [5.74, 6) is 1.65. The lowest BCUT2D eigenvalue weighted by Gasteiger charge is -2.36. The van der Waals surface area contributed by atoms with E-state index in [0.29, 0.717) is 18.5 Å². The first-order valence-electron chi connectivity index (χ1n) is 10.2. The van der Waals surface area contributed by atoms with E-state index in [4.69, 9.17) is 4.74 Å². The van der Waals surface area contributed by atoms with Crippen molar-refractivity contribution in [1.29, 1.82) is 0 Å². The maximum atomic E-state index is 13.0. The number of ether oxygens (including phenoxy) is 1. The van der Waals surface area contributed by atoms with E-state index < -0.39 is 0 Å². The first-order chi connectivity index (χ1) is 13.5. The Balaban J connectivity index is 1.42. The maximum absolute atomic E-state index is 13.0. The molecule has 6 heteroatoms. The first-order valence-corrected chi connectivity index (χ1v) is 10.2. The van der Waals surface area contributed by atoms with Crippen molar-refractivity contribution in [2.75, 3.05) is 26.7 Å². The van der Waals surface area contributed by atoms with Crippen LogP contribution >= 0.6 is 0 Å². The topological polar surface area (TPSA) is 50.6 Å². The molecule has 28 heavy (non-hydrogen) atoms. The molecule has 1 aromatic heterocycles. The Morgan fingerprint density at radius 1 is 1.14 bits per heavy atom. The molecule has 3 aliphatic rings. The van der Waals surface area contributed by atoms with Gasteiger partial charge in [0.05, 0.1) is 12.8 Å².